The van der Waals surface area contributed by atoms with E-state index in [0.717, 1.165) is 24.4 Å². The van der Waals surface area contributed by atoms with E-state index in [4.69, 9.17) is 13.9 Å². The summed E-state index contributed by atoms with van der Waals surface area (Å²) < 4.78 is 17.7. The molecule has 1 aliphatic heterocycles. The van der Waals surface area contributed by atoms with E-state index in [1.165, 1.54) is 4.90 Å². The van der Waals surface area contributed by atoms with Gasteiger partial charge in [0.25, 0.3) is 0 Å². The Morgan fingerprint density at radius 2 is 1.80 bits per heavy atom. The summed E-state index contributed by atoms with van der Waals surface area (Å²) in [5.74, 6) is 0. The van der Waals surface area contributed by atoms with Crippen LogP contribution >= 0.6 is 0 Å². The van der Waals surface area contributed by atoms with Gasteiger partial charge in [0.1, 0.15) is 23.7 Å². The average Bonchev–Trinajstić information content (AvgIpc) is 2.83. The lowest BCUT2D eigenvalue weighted by atomic mass is 10.1. The van der Waals surface area contributed by atoms with Crippen molar-refractivity contribution in [1.82, 2.24) is 4.90 Å². The highest BCUT2D eigenvalue weighted by Gasteiger charge is 2.50. The van der Waals surface area contributed by atoms with Crippen molar-refractivity contribution in [1.29, 1.82) is 0 Å². The minimum absolute atomic E-state index is 0.261. The number of amides is 1. The Balaban J connectivity index is 3.09. The van der Waals surface area contributed by atoms with Gasteiger partial charge in [0.15, 0.2) is 8.32 Å². The fraction of sp³-hybridized carbons (Fsp3) is 0.889. The Kier molecular flexibility index (Phi) is 7.24. The monoisotopic (exact) mass is 373 g/mol. The maximum atomic E-state index is 12.7. The van der Waals surface area contributed by atoms with Gasteiger partial charge in [-0.1, -0.05) is 20.8 Å². The summed E-state index contributed by atoms with van der Waals surface area (Å²) in [4.78, 5) is 26.1. The van der Waals surface area contributed by atoms with E-state index in [1.807, 2.05) is 34.6 Å². The average molecular weight is 374 g/mol. The van der Waals surface area contributed by atoms with Gasteiger partial charge in [-0.15, -0.1) is 0 Å². The molecule has 0 aromatic carbocycles. The SMILES string of the molecule is CC[Si](CC)(CC)O[C@H](C=O)[C@@H]1COC(C)(C)N1C(=O)OC(C)(C)C. The van der Waals surface area contributed by atoms with Crippen LogP contribution in [0.3, 0.4) is 0 Å². The van der Waals surface area contributed by atoms with E-state index in [2.05, 4.69) is 20.8 Å². The summed E-state index contributed by atoms with van der Waals surface area (Å²) in [7, 11) is -1.99. The first-order valence-electron chi connectivity index (χ1n) is 9.24. The molecule has 0 radical (unpaired) electrons. The van der Waals surface area contributed by atoms with E-state index in [-0.39, 0.29) is 6.61 Å². The molecule has 0 aromatic heterocycles. The van der Waals surface area contributed by atoms with Crippen molar-refractivity contribution >= 4 is 20.7 Å². The van der Waals surface area contributed by atoms with Gasteiger partial charge in [0.05, 0.1) is 12.6 Å². The molecule has 0 aromatic rings. The topological polar surface area (TPSA) is 65.1 Å². The van der Waals surface area contributed by atoms with Crippen molar-refractivity contribution in [3.05, 3.63) is 0 Å². The van der Waals surface area contributed by atoms with Crippen molar-refractivity contribution in [2.24, 2.45) is 0 Å². The van der Waals surface area contributed by atoms with Crippen LogP contribution in [0.1, 0.15) is 55.4 Å². The van der Waals surface area contributed by atoms with E-state index in [0.29, 0.717) is 0 Å². The van der Waals surface area contributed by atoms with Crippen LogP contribution in [0.2, 0.25) is 18.1 Å². The molecule has 1 amide bonds. The molecule has 0 unspecified atom stereocenters. The van der Waals surface area contributed by atoms with Crippen molar-refractivity contribution in [3.63, 3.8) is 0 Å². The van der Waals surface area contributed by atoms with Crippen molar-refractivity contribution in [2.45, 2.75) is 97.0 Å². The van der Waals surface area contributed by atoms with Crippen LogP contribution in [0.4, 0.5) is 4.79 Å². The summed E-state index contributed by atoms with van der Waals surface area (Å²) in [6.45, 7) is 15.7. The number of ether oxygens (including phenoxy) is 2. The maximum absolute atomic E-state index is 12.7. The molecule has 0 spiro atoms. The molecule has 7 heteroatoms. The molecule has 1 heterocycles. The van der Waals surface area contributed by atoms with Gasteiger partial charge < -0.3 is 18.7 Å². The predicted octanol–water partition coefficient (Wildman–Crippen LogP) is 3.95. The maximum Gasteiger partial charge on any atom is 0.413 e. The van der Waals surface area contributed by atoms with Crippen LogP contribution in [-0.4, -0.2) is 55.7 Å². The normalized spacial score (nSPS) is 21.9. The van der Waals surface area contributed by atoms with Crippen molar-refractivity contribution in [3.8, 4) is 0 Å². The van der Waals surface area contributed by atoms with E-state index < -0.39 is 37.9 Å². The minimum Gasteiger partial charge on any atom is -0.444 e. The molecule has 0 N–H and O–H groups in total. The highest BCUT2D eigenvalue weighted by Crippen LogP contribution is 2.33. The first-order chi connectivity index (χ1) is 11.4. The number of hydrogen-bond acceptors (Lipinski definition) is 5. The first kappa shape index (κ1) is 22.1. The Morgan fingerprint density at radius 3 is 2.20 bits per heavy atom. The molecule has 146 valence electrons. The van der Waals surface area contributed by atoms with Gasteiger partial charge >= 0.3 is 6.09 Å². The lowest BCUT2D eigenvalue weighted by Crippen LogP contribution is -2.56. The Morgan fingerprint density at radius 1 is 1.28 bits per heavy atom. The molecule has 0 aliphatic carbocycles. The van der Waals surface area contributed by atoms with Crippen LogP contribution in [0, 0.1) is 0 Å². The lowest BCUT2D eigenvalue weighted by molar-refractivity contribution is -0.117. The van der Waals surface area contributed by atoms with Gasteiger partial charge in [-0.25, -0.2) is 4.79 Å². The number of carbonyl (C=O) groups excluding carboxylic acids is 2. The molecule has 1 rings (SSSR count). The minimum atomic E-state index is -1.99. The number of aldehydes is 1. The zero-order valence-electron chi connectivity index (χ0n) is 17.0. The fourth-order valence-electron chi connectivity index (χ4n) is 3.23. The Hall–Kier alpha value is -0.923. The Labute approximate surface area is 153 Å². The van der Waals surface area contributed by atoms with Gasteiger partial charge in [-0.2, -0.15) is 0 Å². The largest absolute Gasteiger partial charge is 0.444 e. The van der Waals surface area contributed by atoms with Crippen molar-refractivity contribution < 1.29 is 23.5 Å². The summed E-state index contributed by atoms with van der Waals surface area (Å²) in [5, 5.41) is 0. The number of hydrogen-bond donors (Lipinski definition) is 0. The van der Waals surface area contributed by atoms with Gasteiger partial charge in [0, 0.05) is 0 Å². The van der Waals surface area contributed by atoms with Crippen LogP contribution in [0.5, 0.6) is 0 Å². The quantitative estimate of drug-likeness (QED) is 0.499. The zero-order valence-corrected chi connectivity index (χ0v) is 18.0. The third kappa shape index (κ3) is 5.28. The molecule has 6 nitrogen and oxygen atoms in total. The molecule has 0 bridgehead atoms. The highest BCUT2D eigenvalue weighted by atomic mass is 28.4. The number of nitrogens with zero attached hydrogens (tertiary/aromatic N) is 1. The first-order valence-corrected chi connectivity index (χ1v) is 11.8. The third-order valence-electron chi connectivity index (χ3n) is 4.94. The molecular formula is C18H35NO5Si. The van der Waals surface area contributed by atoms with Crippen LogP contribution in [0.15, 0.2) is 0 Å². The molecule has 1 saturated heterocycles. The molecule has 2 atom stereocenters. The van der Waals surface area contributed by atoms with E-state index in [9.17, 15) is 9.59 Å². The summed E-state index contributed by atoms with van der Waals surface area (Å²) in [6.07, 6.45) is -0.358. The molecular weight excluding hydrogens is 338 g/mol. The number of rotatable bonds is 7. The molecule has 1 aliphatic rings. The van der Waals surface area contributed by atoms with Crippen molar-refractivity contribution in [2.75, 3.05) is 6.61 Å². The second-order valence-corrected chi connectivity index (χ2v) is 12.9. The van der Waals surface area contributed by atoms with Gasteiger partial charge in [0.2, 0.25) is 0 Å². The molecule has 0 saturated carbocycles. The standard InChI is InChI=1S/C18H35NO5Si/c1-9-25(10-2,11-3)24-15(12-20)14-13-22-18(7,8)19(14)16(21)23-17(4,5)6/h12,14-15H,9-11,13H2,1-8H3/t14-,15+/m0/s1. The second kappa shape index (κ2) is 8.18. The number of carbonyl (C=O) groups is 2. The van der Waals surface area contributed by atoms with E-state index >= 15 is 0 Å². The van der Waals surface area contributed by atoms with Crippen LogP contribution in [-0.2, 0) is 18.7 Å². The smallest absolute Gasteiger partial charge is 0.413 e. The zero-order chi connectivity index (χ0) is 19.5. The Bertz CT molecular complexity index is 462. The summed E-state index contributed by atoms with van der Waals surface area (Å²) in [5.41, 5.74) is -1.46. The fourth-order valence-corrected chi connectivity index (χ4v) is 6.02. The molecule has 25 heavy (non-hydrogen) atoms. The van der Waals surface area contributed by atoms with Crippen LogP contribution < -0.4 is 0 Å². The highest BCUT2D eigenvalue weighted by molar-refractivity contribution is 6.73. The predicted molar refractivity (Wildman–Crippen MR) is 100 cm³/mol. The third-order valence-corrected chi connectivity index (χ3v) is 9.58. The summed E-state index contributed by atoms with van der Waals surface area (Å²) in [6, 6.07) is 2.34. The van der Waals surface area contributed by atoms with Crippen LogP contribution in [0.25, 0.3) is 0 Å². The second-order valence-electron chi connectivity index (χ2n) is 8.14. The molecule has 1 fully saturated rings. The lowest BCUT2D eigenvalue weighted by Gasteiger charge is -2.39. The summed E-state index contributed by atoms with van der Waals surface area (Å²) >= 11 is 0. The van der Waals surface area contributed by atoms with Gasteiger partial charge in [-0.05, 0) is 52.8 Å². The van der Waals surface area contributed by atoms with Gasteiger partial charge in [-0.3, -0.25) is 4.90 Å². The van der Waals surface area contributed by atoms with E-state index in [1.54, 1.807) is 0 Å².